The van der Waals surface area contributed by atoms with Crippen molar-refractivity contribution in [2.75, 3.05) is 0 Å². The molecule has 2 unspecified atom stereocenters. The van der Waals surface area contributed by atoms with Gasteiger partial charge in [-0.3, -0.25) is 0 Å². The molecule has 3 nitrogen and oxygen atoms in total. The highest BCUT2D eigenvalue weighted by Gasteiger charge is 2.34. The number of aliphatic hydroxyl groups excluding tert-OH is 1. The highest BCUT2D eigenvalue weighted by Crippen LogP contribution is 2.44. The van der Waals surface area contributed by atoms with Gasteiger partial charge in [0.05, 0.1) is 18.0 Å². The molecular weight excluding hydrogens is 300 g/mol. The predicted molar refractivity (Wildman–Crippen MR) is 96.0 cm³/mol. The van der Waals surface area contributed by atoms with Gasteiger partial charge < -0.3 is 14.9 Å². The molecule has 0 amide bonds. The van der Waals surface area contributed by atoms with Crippen LogP contribution in [0.4, 0.5) is 0 Å². The summed E-state index contributed by atoms with van der Waals surface area (Å²) in [6.45, 7) is 4.32. The molecular formula is C21H26O3. The van der Waals surface area contributed by atoms with Crippen molar-refractivity contribution in [1.82, 2.24) is 0 Å². The molecule has 1 saturated heterocycles. The van der Waals surface area contributed by atoms with Crippen LogP contribution in [0.3, 0.4) is 0 Å². The SMILES string of the molecule is CC/C=C1/CC(c2ccc(O)cc2)OC2CC(O)=CC(CCC)=C12. The van der Waals surface area contributed by atoms with Gasteiger partial charge in [-0.25, -0.2) is 0 Å². The molecule has 1 aromatic carbocycles. The van der Waals surface area contributed by atoms with Crippen LogP contribution in [-0.4, -0.2) is 16.3 Å². The minimum atomic E-state index is -0.0816. The number of phenolic OH excluding ortho intramolecular Hbond substituents is 1. The van der Waals surface area contributed by atoms with E-state index in [1.165, 1.54) is 16.7 Å². The molecule has 2 atom stereocenters. The van der Waals surface area contributed by atoms with Crippen molar-refractivity contribution in [3.8, 4) is 5.75 Å². The number of phenols is 1. The van der Waals surface area contributed by atoms with Crippen molar-refractivity contribution in [3.05, 3.63) is 64.5 Å². The van der Waals surface area contributed by atoms with E-state index < -0.39 is 0 Å². The van der Waals surface area contributed by atoms with Gasteiger partial charge in [-0.05, 0) is 53.3 Å². The third kappa shape index (κ3) is 3.41. The second kappa shape index (κ2) is 7.27. The largest absolute Gasteiger partial charge is 0.512 e. The van der Waals surface area contributed by atoms with Gasteiger partial charge >= 0.3 is 0 Å². The summed E-state index contributed by atoms with van der Waals surface area (Å²) in [7, 11) is 0. The second-order valence-electron chi connectivity index (χ2n) is 6.58. The lowest BCUT2D eigenvalue weighted by molar-refractivity contribution is -0.0124. The number of aliphatic hydroxyl groups is 1. The van der Waals surface area contributed by atoms with Gasteiger partial charge in [0.15, 0.2) is 0 Å². The van der Waals surface area contributed by atoms with Crippen LogP contribution in [0.1, 0.15) is 57.6 Å². The lowest BCUT2D eigenvalue weighted by Crippen LogP contribution is -2.30. The number of aromatic hydroxyl groups is 1. The molecule has 1 aliphatic heterocycles. The van der Waals surface area contributed by atoms with E-state index in [0.717, 1.165) is 31.2 Å². The third-order valence-electron chi connectivity index (χ3n) is 4.72. The predicted octanol–water partition coefficient (Wildman–Crippen LogP) is 5.50. The maximum absolute atomic E-state index is 10.1. The molecule has 2 aliphatic rings. The standard InChI is InChI=1S/C21H26O3/c1-3-5-15-11-18(23)13-20-21(15)16(6-4-2)12-19(24-20)14-7-9-17(22)10-8-14/h6-11,19-20,22-23H,3-5,12-13H2,1-2H3/b16-6-. The van der Waals surface area contributed by atoms with Crippen LogP contribution in [0.25, 0.3) is 0 Å². The molecule has 0 saturated carbocycles. The average molecular weight is 326 g/mol. The number of allylic oxidation sites excluding steroid dienone is 3. The van der Waals surface area contributed by atoms with Crippen molar-refractivity contribution in [3.63, 3.8) is 0 Å². The van der Waals surface area contributed by atoms with Gasteiger partial charge in [-0.15, -0.1) is 0 Å². The Kier molecular flexibility index (Phi) is 5.10. The Bertz CT molecular complexity index is 680. The fourth-order valence-corrected chi connectivity index (χ4v) is 3.72. The summed E-state index contributed by atoms with van der Waals surface area (Å²) in [5.41, 5.74) is 4.92. The molecule has 3 heteroatoms. The normalized spacial score (nSPS) is 25.6. The highest BCUT2D eigenvalue weighted by molar-refractivity contribution is 5.48. The summed E-state index contributed by atoms with van der Waals surface area (Å²) in [6, 6.07) is 7.25. The van der Waals surface area contributed by atoms with Crippen LogP contribution >= 0.6 is 0 Å². The summed E-state index contributed by atoms with van der Waals surface area (Å²) in [6.07, 6.45) is 8.49. The Hall–Kier alpha value is -2.00. The van der Waals surface area contributed by atoms with Gasteiger partial charge in [0.25, 0.3) is 0 Å². The number of hydrogen-bond acceptors (Lipinski definition) is 3. The molecule has 0 bridgehead atoms. The molecule has 24 heavy (non-hydrogen) atoms. The maximum atomic E-state index is 10.1. The first-order valence-electron chi connectivity index (χ1n) is 8.88. The van der Waals surface area contributed by atoms with Crippen molar-refractivity contribution in [2.24, 2.45) is 0 Å². The lowest BCUT2D eigenvalue weighted by atomic mass is 9.80. The second-order valence-corrected chi connectivity index (χ2v) is 6.58. The molecule has 1 aromatic rings. The molecule has 0 aromatic heterocycles. The van der Waals surface area contributed by atoms with E-state index in [0.29, 0.717) is 12.2 Å². The van der Waals surface area contributed by atoms with Crippen LogP contribution < -0.4 is 0 Å². The van der Waals surface area contributed by atoms with Crippen molar-refractivity contribution >= 4 is 0 Å². The van der Waals surface area contributed by atoms with Gasteiger partial charge in [0, 0.05) is 12.8 Å². The van der Waals surface area contributed by atoms with Gasteiger partial charge in [0.1, 0.15) is 5.75 Å². The van der Waals surface area contributed by atoms with E-state index in [9.17, 15) is 10.2 Å². The van der Waals surface area contributed by atoms with Crippen LogP contribution in [0.2, 0.25) is 0 Å². The third-order valence-corrected chi connectivity index (χ3v) is 4.72. The summed E-state index contributed by atoms with van der Waals surface area (Å²) in [5, 5.41) is 19.7. The average Bonchev–Trinajstić information content (AvgIpc) is 2.55. The zero-order chi connectivity index (χ0) is 17.1. The molecule has 128 valence electrons. The fourth-order valence-electron chi connectivity index (χ4n) is 3.72. The first-order valence-corrected chi connectivity index (χ1v) is 8.88. The molecule has 1 heterocycles. The quantitative estimate of drug-likeness (QED) is 0.768. The Morgan fingerprint density at radius 2 is 1.83 bits per heavy atom. The zero-order valence-corrected chi connectivity index (χ0v) is 14.5. The van der Waals surface area contributed by atoms with E-state index in [1.54, 1.807) is 12.1 Å². The van der Waals surface area contributed by atoms with Crippen molar-refractivity contribution in [1.29, 1.82) is 0 Å². The summed E-state index contributed by atoms with van der Waals surface area (Å²) in [5.74, 6) is 0.678. The molecule has 1 aliphatic carbocycles. The van der Waals surface area contributed by atoms with Gasteiger partial charge in [-0.2, -0.15) is 0 Å². The molecule has 1 fully saturated rings. The Labute approximate surface area is 144 Å². The van der Waals surface area contributed by atoms with Crippen LogP contribution in [0, 0.1) is 0 Å². The highest BCUT2D eigenvalue weighted by atomic mass is 16.5. The lowest BCUT2D eigenvalue weighted by Gasteiger charge is -2.38. The Morgan fingerprint density at radius 3 is 2.50 bits per heavy atom. The van der Waals surface area contributed by atoms with Crippen LogP contribution in [-0.2, 0) is 4.74 Å². The van der Waals surface area contributed by atoms with Gasteiger partial charge in [-0.1, -0.05) is 38.5 Å². The number of hydrogen-bond donors (Lipinski definition) is 2. The molecule has 2 N–H and O–H groups in total. The van der Waals surface area contributed by atoms with Crippen molar-refractivity contribution in [2.45, 2.75) is 58.2 Å². The maximum Gasteiger partial charge on any atom is 0.115 e. The number of rotatable bonds is 4. The van der Waals surface area contributed by atoms with E-state index >= 15 is 0 Å². The molecule has 3 rings (SSSR count). The molecule has 0 radical (unpaired) electrons. The van der Waals surface area contributed by atoms with Crippen molar-refractivity contribution < 1.29 is 14.9 Å². The van der Waals surface area contributed by atoms with Crippen LogP contribution in [0.15, 0.2) is 58.9 Å². The summed E-state index contributed by atoms with van der Waals surface area (Å²) in [4.78, 5) is 0. The first kappa shape index (κ1) is 16.8. The number of ether oxygens (including phenoxy) is 1. The topological polar surface area (TPSA) is 49.7 Å². The minimum absolute atomic E-state index is 0.0362. The smallest absolute Gasteiger partial charge is 0.115 e. The Morgan fingerprint density at radius 1 is 1.08 bits per heavy atom. The number of fused-ring (bicyclic) bond motifs is 1. The summed E-state index contributed by atoms with van der Waals surface area (Å²) >= 11 is 0. The number of benzene rings is 1. The zero-order valence-electron chi connectivity index (χ0n) is 14.5. The monoisotopic (exact) mass is 326 g/mol. The van der Waals surface area contributed by atoms with E-state index in [2.05, 4.69) is 19.9 Å². The van der Waals surface area contributed by atoms with E-state index in [4.69, 9.17) is 4.74 Å². The fraction of sp³-hybridized carbons (Fsp3) is 0.429. The summed E-state index contributed by atoms with van der Waals surface area (Å²) < 4.78 is 6.36. The van der Waals surface area contributed by atoms with Crippen LogP contribution in [0.5, 0.6) is 5.75 Å². The minimum Gasteiger partial charge on any atom is -0.512 e. The first-order chi connectivity index (χ1) is 11.6. The Balaban J connectivity index is 1.97. The molecule has 0 spiro atoms. The van der Waals surface area contributed by atoms with E-state index in [1.807, 2.05) is 18.2 Å². The van der Waals surface area contributed by atoms with Gasteiger partial charge in [0.2, 0.25) is 0 Å². The van der Waals surface area contributed by atoms with E-state index in [-0.39, 0.29) is 18.0 Å².